The number of carboxylic acids is 2. The number of carboxylic acid groups (broad SMARTS) is 2. The van der Waals surface area contributed by atoms with E-state index in [-0.39, 0.29) is 6.42 Å². The molecule has 0 amide bonds. The highest BCUT2D eigenvalue weighted by atomic mass is 16.4. The number of aryl methyl sites for hydroxylation is 1. The van der Waals surface area contributed by atoms with E-state index >= 15 is 0 Å². The third kappa shape index (κ3) is 3.59. The molecule has 4 heteroatoms. The molecule has 0 spiro atoms. The fourth-order valence-electron chi connectivity index (χ4n) is 1.72. The largest absolute Gasteiger partial charge is 0.550 e. The lowest BCUT2D eigenvalue weighted by Gasteiger charge is -2.25. The summed E-state index contributed by atoms with van der Waals surface area (Å²) in [6, 6.07) is 7.29. The smallest absolute Gasteiger partial charge is 0.0455 e. The lowest BCUT2D eigenvalue weighted by atomic mass is 9.88. The minimum atomic E-state index is -1.37. The minimum absolute atomic E-state index is 0.138. The van der Waals surface area contributed by atoms with Crippen LogP contribution < -0.4 is 10.2 Å². The van der Waals surface area contributed by atoms with Crippen LogP contribution in [-0.4, -0.2) is 11.9 Å². The number of aliphatic carboxylic acids is 2. The van der Waals surface area contributed by atoms with Crippen molar-refractivity contribution in [3.63, 3.8) is 0 Å². The summed E-state index contributed by atoms with van der Waals surface area (Å²) in [6.45, 7) is 3.21. The van der Waals surface area contributed by atoms with Gasteiger partial charge in [-0.25, -0.2) is 0 Å². The fraction of sp³-hybridized carbons (Fsp3) is 0.385. The van der Waals surface area contributed by atoms with E-state index in [4.69, 9.17) is 0 Å². The highest BCUT2D eigenvalue weighted by Crippen LogP contribution is 2.17. The van der Waals surface area contributed by atoms with Gasteiger partial charge in [0.1, 0.15) is 0 Å². The third-order valence-corrected chi connectivity index (χ3v) is 2.82. The standard InChI is InChI=1S/C13H16O4/c1-8-4-3-5-10(6-8)7-11(13(16)17)9(2)12(14)15/h3-6,9,11H,7H2,1-2H3,(H,14,15)(H,16,17)/p-2/t9-,11+/m0/s1. The van der Waals surface area contributed by atoms with Gasteiger partial charge in [0.15, 0.2) is 0 Å². The van der Waals surface area contributed by atoms with Gasteiger partial charge in [0.25, 0.3) is 0 Å². The molecule has 0 unspecified atom stereocenters. The second-order valence-corrected chi connectivity index (χ2v) is 4.23. The lowest BCUT2D eigenvalue weighted by Crippen LogP contribution is -2.43. The van der Waals surface area contributed by atoms with Crippen molar-refractivity contribution in [3.8, 4) is 0 Å². The highest BCUT2D eigenvalue weighted by molar-refractivity contribution is 5.77. The van der Waals surface area contributed by atoms with Crippen LogP contribution in [0, 0.1) is 18.8 Å². The Morgan fingerprint density at radius 1 is 1.24 bits per heavy atom. The van der Waals surface area contributed by atoms with Gasteiger partial charge in [0.2, 0.25) is 0 Å². The first-order valence-electron chi connectivity index (χ1n) is 5.39. The van der Waals surface area contributed by atoms with Crippen LogP contribution in [-0.2, 0) is 16.0 Å². The maximum Gasteiger partial charge on any atom is 0.0455 e. The molecule has 0 N–H and O–H groups in total. The Hall–Kier alpha value is -1.84. The Bertz CT molecular complexity index is 425. The molecule has 92 valence electrons. The van der Waals surface area contributed by atoms with Crippen LogP contribution in [0.25, 0.3) is 0 Å². The first-order valence-corrected chi connectivity index (χ1v) is 5.39. The molecule has 0 heterocycles. The zero-order valence-electron chi connectivity index (χ0n) is 9.80. The summed E-state index contributed by atoms with van der Waals surface area (Å²) in [5.41, 5.74) is 1.79. The average Bonchev–Trinajstić information content (AvgIpc) is 2.24. The second-order valence-electron chi connectivity index (χ2n) is 4.23. The Morgan fingerprint density at radius 2 is 1.88 bits per heavy atom. The minimum Gasteiger partial charge on any atom is -0.550 e. The topological polar surface area (TPSA) is 80.3 Å². The van der Waals surface area contributed by atoms with Crippen molar-refractivity contribution >= 4 is 11.9 Å². The third-order valence-electron chi connectivity index (χ3n) is 2.82. The van der Waals surface area contributed by atoms with E-state index in [2.05, 4.69) is 0 Å². The van der Waals surface area contributed by atoms with E-state index in [9.17, 15) is 19.8 Å². The van der Waals surface area contributed by atoms with E-state index in [0.29, 0.717) is 0 Å². The summed E-state index contributed by atoms with van der Waals surface area (Å²) in [5.74, 6) is -4.86. The molecule has 1 aromatic rings. The lowest BCUT2D eigenvalue weighted by molar-refractivity contribution is -0.326. The van der Waals surface area contributed by atoms with E-state index in [1.165, 1.54) is 6.92 Å². The molecule has 17 heavy (non-hydrogen) atoms. The Labute approximate surface area is 99.9 Å². The molecule has 1 aromatic carbocycles. The summed E-state index contributed by atoms with van der Waals surface area (Å²) in [7, 11) is 0. The zero-order chi connectivity index (χ0) is 13.0. The van der Waals surface area contributed by atoms with Gasteiger partial charge in [-0.1, -0.05) is 36.8 Å². The summed E-state index contributed by atoms with van der Waals surface area (Å²) in [5, 5.41) is 21.6. The SMILES string of the molecule is Cc1cccc(C[C@@H](C(=O)[O-])[C@H](C)C(=O)[O-])c1. The second kappa shape index (κ2) is 5.48. The van der Waals surface area contributed by atoms with Crippen LogP contribution in [0.5, 0.6) is 0 Å². The number of hydrogen-bond acceptors (Lipinski definition) is 4. The van der Waals surface area contributed by atoms with Gasteiger partial charge in [-0.05, 0) is 18.9 Å². The highest BCUT2D eigenvalue weighted by Gasteiger charge is 2.20. The van der Waals surface area contributed by atoms with E-state index in [1.807, 2.05) is 19.1 Å². The number of rotatable bonds is 5. The fourth-order valence-corrected chi connectivity index (χ4v) is 1.72. The van der Waals surface area contributed by atoms with Crippen LogP contribution in [0.3, 0.4) is 0 Å². The van der Waals surface area contributed by atoms with Crippen LogP contribution in [0.4, 0.5) is 0 Å². The van der Waals surface area contributed by atoms with Crippen molar-refractivity contribution in [2.75, 3.05) is 0 Å². The van der Waals surface area contributed by atoms with Gasteiger partial charge >= 0.3 is 0 Å². The van der Waals surface area contributed by atoms with Gasteiger partial charge in [0, 0.05) is 23.8 Å². The van der Waals surface area contributed by atoms with Crippen molar-refractivity contribution < 1.29 is 19.8 Å². The van der Waals surface area contributed by atoms with Crippen molar-refractivity contribution in [1.82, 2.24) is 0 Å². The van der Waals surface area contributed by atoms with Crippen LogP contribution in [0.15, 0.2) is 24.3 Å². The molecule has 0 aliphatic heterocycles. The van der Waals surface area contributed by atoms with Crippen molar-refractivity contribution in [2.45, 2.75) is 20.3 Å². The van der Waals surface area contributed by atoms with Gasteiger partial charge < -0.3 is 19.8 Å². The quantitative estimate of drug-likeness (QED) is 0.674. The molecule has 2 atom stereocenters. The van der Waals surface area contributed by atoms with E-state index < -0.39 is 23.8 Å². The Balaban J connectivity index is 2.88. The molecule has 0 fully saturated rings. The zero-order valence-corrected chi connectivity index (χ0v) is 9.80. The summed E-state index contributed by atoms with van der Waals surface area (Å²) < 4.78 is 0. The summed E-state index contributed by atoms with van der Waals surface area (Å²) >= 11 is 0. The van der Waals surface area contributed by atoms with Crippen LogP contribution in [0.2, 0.25) is 0 Å². The van der Waals surface area contributed by atoms with Crippen molar-refractivity contribution in [2.24, 2.45) is 11.8 Å². The molecule has 0 aliphatic carbocycles. The van der Waals surface area contributed by atoms with Crippen LogP contribution >= 0.6 is 0 Å². The summed E-state index contributed by atoms with van der Waals surface area (Å²) in [4.78, 5) is 21.6. The molecule has 4 nitrogen and oxygen atoms in total. The molecule has 0 aliphatic rings. The number of benzene rings is 1. The molecule has 0 saturated heterocycles. The van der Waals surface area contributed by atoms with Gasteiger partial charge in [-0.15, -0.1) is 0 Å². The van der Waals surface area contributed by atoms with Gasteiger partial charge in [-0.3, -0.25) is 0 Å². The first kappa shape index (κ1) is 13.2. The monoisotopic (exact) mass is 234 g/mol. The molecule has 0 aromatic heterocycles. The predicted molar refractivity (Wildman–Crippen MR) is 57.6 cm³/mol. The molecule has 0 bridgehead atoms. The van der Waals surface area contributed by atoms with Crippen LogP contribution in [0.1, 0.15) is 18.1 Å². The normalized spacial score (nSPS) is 14.0. The molecular formula is C13H14O4-2. The maximum absolute atomic E-state index is 10.9. The van der Waals surface area contributed by atoms with Gasteiger partial charge in [0.05, 0.1) is 0 Å². The van der Waals surface area contributed by atoms with Crippen molar-refractivity contribution in [3.05, 3.63) is 35.4 Å². The summed E-state index contributed by atoms with van der Waals surface area (Å²) in [6.07, 6.45) is 0.138. The average molecular weight is 234 g/mol. The predicted octanol–water partition coefficient (Wildman–Crippen LogP) is -0.710. The van der Waals surface area contributed by atoms with Crippen molar-refractivity contribution in [1.29, 1.82) is 0 Å². The first-order chi connectivity index (χ1) is 7.91. The number of carbonyl (C=O) groups excluding carboxylic acids is 2. The molecule has 0 radical (unpaired) electrons. The Kier molecular flexibility index (Phi) is 4.26. The molecular weight excluding hydrogens is 220 g/mol. The van der Waals surface area contributed by atoms with E-state index in [0.717, 1.165) is 11.1 Å². The molecule has 1 rings (SSSR count). The van der Waals surface area contributed by atoms with Gasteiger partial charge in [-0.2, -0.15) is 0 Å². The maximum atomic E-state index is 10.9. The molecule has 0 saturated carbocycles. The number of hydrogen-bond donors (Lipinski definition) is 0. The van der Waals surface area contributed by atoms with E-state index in [1.54, 1.807) is 12.1 Å². The Morgan fingerprint density at radius 3 is 2.35 bits per heavy atom. The number of carbonyl (C=O) groups is 2.